The number of nitrogens with zero attached hydrogens (tertiary/aromatic N) is 3. The second-order valence-corrected chi connectivity index (χ2v) is 20.0. The average molecular weight is 1000 g/mol. The van der Waals surface area contributed by atoms with E-state index in [2.05, 4.69) is 26.9 Å². The van der Waals surface area contributed by atoms with Crippen LogP contribution in [0, 0.1) is 25.7 Å². The number of phenols is 1. The molecule has 382 valence electrons. The van der Waals surface area contributed by atoms with E-state index >= 15 is 0 Å². The number of aliphatic hydroxyl groups excluding tert-OH is 2. The maximum atomic E-state index is 15.0. The fraction of sp³-hybridized carbons (Fsp3) is 0.449. The summed E-state index contributed by atoms with van der Waals surface area (Å²) in [6, 6.07) is 11.7. The molecular weight excluding hydrogens is 941 g/mol. The van der Waals surface area contributed by atoms with E-state index < -0.39 is 107 Å². The van der Waals surface area contributed by atoms with Gasteiger partial charge in [-0.25, -0.2) is 24.6 Å². The number of ketones is 2. The SMILES string of the molecule is Cc1nc(-c2ccc(C3(C)CC3)cc2)nc(C)c1C(=O)C[C@@H](CNS(N)(=O)=O)C(=O)N(C)[C@@H]1C(=O)C[C@@H](C)C(=O)N[C@H](C(=O)O)Cc2ccc(OC[C@H](O)CN)c(c2)-c2cc1cc(OC[C@H](O)CN)c2O. The van der Waals surface area contributed by atoms with Gasteiger partial charge in [0, 0.05) is 68.6 Å². The summed E-state index contributed by atoms with van der Waals surface area (Å²) in [6.07, 6.45) is -1.64. The molecule has 1 saturated carbocycles. The molecule has 1 aliphatic carbocycles. The van der Waals surface area contributed by atoms with Gasteiger partial charge < -0.3 is 51.6 Å². The Morgan fingerprint density at radius 3 is 2.08 bits per heavy atom. The number of carbonyl (C=O) groups is 5. The fourth-order valence-electron chi connectivity index (χ4n) is 8.48. The minimum Gasteiger partial charge on any atom is -0.504 e. The maximum absolute atomic E-state index is 15.0. The van der Waals surface area contributed by atoms with E-state index in [1.807, 2.05) is 24.3 Å². The van der Waals surface area contributed by atoms with E-state index in [0.717, 1.165) is 23.3 Å². The second-order valence-electron chi connectivity index (χ2n) is 18.6. The third kappa shape index (κ3) is 13.1. The summed E-state index contributed by atoms with van der Waals surface area (Å²) in [4.78, 5) is 80.6. The van der Waals surface area contributed by atoms with Crippen LogP contribution < -0.4 is 36.1 Å². The predicted octanol–water partition coefficient (Wildman–Crippen LogP) is 1.48. The number of fused-ring (bicyclic) bond motifs is 5. The number of nitrogens with two attached hydrogens (primary N) is 3. The highest BCUT2D eigenvalue weighted by molar-refractivity contribution is 7.87. The zero-order valence-corrected chi connectivity index (χ0v) is 41.0. The lowest BCUT2D eigenvalue weighted by Crippen LogP contribution is -2.46. The van der Waals surface area contributed by atoms with Crippen LogP contribution in [0.4, 0.5) is 0 Å². The van der Waals surface area contributed by atoms with Crippen LogP contribution in [0.2, 0.25) is 0 Å². The van der Waals surface area contributed by atoms with Gasteiger partial charge in [-0.15, -0.1) is 0 Å². The number of hydrogen-bond donors (Lipinski definition) is 9. The molecule has 3 aromatic carbocycles. The summed E-state index contributed by atoms with van der Waals surface area (Å²) in [5, 5.41) is 50.6. The van der Waals surface area contributed by atoms with Crippen LogP contribution >= 0.6 is 0 Å². The van der Waals surface area contributed by atoms with Crippen molar-refractivity contribution in [2.75, 3.05) is 39.9 Å². The molecule has 0 radical (unpaired) electrons. The Morgan fingerprint density at radius 2 is 1.52 bits per heavy atom. The molecule has 1 aliphatic heterocycles. The van der Waals surface area contributed by atoms with Crippen molar-refractivity contribution < 1.29 is 62.3 Å². The average Bonchev–Trinajstić information content (AvgIpc) is 4.08. The number of aryl methyl sites for hydroxylation is 2. The summed E-state index contributed by atoms with van der Waals surface area (Å²) in [7, 11) is -3.23. The predicted molar refractivity (Wildman–Crippen MR) is 259 cm³/mol. The lowest BCUT2D eigenvalue weighted by molar-refractivity contribution is -0.143. The first-order valence-electron chi connectivity index (χ1n) is 23.0. The van der Waals surface area contributed by atoms with Crippen LogP contribution in [-0.2, 0) is 41.2 Å². The highest BCUT2D eigenvalue weighted by atomic mass is 32.2. The minimum atomic E-state index is -4.46. The van der Waals surface area contributed by atoms with Crippen molar-refractivity contribution in [2.45, 2.75) is 89.5 Å². The van der Waals surface area contributed by atoms with E-state index in [1.165, 1.54) is 49.9 Å². The number of carboxylic acids is 1. The van der Waals surface area contributed by atoms with Crippen LogP contribution in [0.1, 0.15) is 84.0 Å². The number of Topliss-reactive ketones (excluding diaryl/α,β-unsaturated/α-hetero) is 2. The normalized spacial score (nSPS) is 19.1. The Labute approximate surface area is 411 Å². The van der Waals surface area contributed by atoms with Crippen molar-refractivity contribution in [2.24, 2.45) is 28.4 Å². The molecule has 6 rings (SSSR count). The van der Waals surface area contributed by atoms with Crippen LogP contribution in [0.3, 0.4) is 0 Å². The Balaban J connectivity index is 1.46. The number of amides is 2. The molecular formula is C49H62N8O13S. The van der Waals surface area contributed by atoms with Gasteiger partial charge in [-0.2, -0.15) is 8.42 Å². The van der Waals surface area contributed by atoms with Gasteiger partial charge in [0.2, 0.25) is 11.8 Å². The number of nitrogens with one attached hydrogen (secondary N) is 2. The Kier molecular flexibility index (Phi) is 17.0. The summed E-state index contributed by atoms with van der Waals surface area (Å²) in [5.74, 6) is -7.71. The lowest BCUT2D eigenvalue weighted by Gasteiger charge is -2.32. The molecule has 2 aliphatic rings. The van der Waals surface area contributed by atoms with E-state index in [4.69, 9.17) is 26.1 Å². The number of aromatic hydroxyl groups is 1. The van der Waals surface area contributed by atoms with E-state index in [0.29, 0.717) is 22.8 Å². The number of aliphatic hydroxyl groups is 2. The number of aliphatic carboxylic acids is 1. The Morgan fingerprint density at radius 1 is 0.915 bits per heavy atom. The Bertz CT molecular complexity index is 2760. The van der Waals surface area contributed by atoms with Gasteiger partial charge in [-0.05, 0) is 73.1 Å². The van der Waals surface area contributed by atoms with Crippen molar-refractivity contribution in [1.82, 2.24) is 24.9 Å². The third-order valence-corrected chi connectivity index (χ3v) is 13.5. The van der Waals surface area contributed by atoms with Crippen molar-refractivity contribution in [3.05, 3.63) is 88.2 Å². The molecule has 0 spiro atoms. The van der Waals surface area contributed by atoms with Crippen LogP contribution in [-0.4, -0.2) is 131 Å². The number of benzene rings is 3. The smallest absolute Gasteiger partial charge is 0.326 e. The number of hydrogen-bond acceptors (Lipinski definition) is 16. The van der Waals surface area contributed by atoms with Gasteiger partial charge >= 0.3 is 5.97 Å². The highest BCUT2D eigenvalue weighted by Crippen LogP contribution is 2.48. The van der Waals surface area contributed by atoms with Crippen molar-refractivity contribution in [3.63, 3.8) is 0 Å². The number of phenolic OH excluding ortho intramolecular Hbond substituents is 1. The molecule has 0 saturated heterocycles. The third-order valence-electron chi connectivity index (χ3n) is 12.9. The zero-order valence-electron chi connectivity index (χ0n) is 40.2. The number of carbonyl (C=O) groups excluding carboxylic acids is 4. The van der Waals surface area contributed by atoms with Crippen LogP contribution in [0.5, 0.6) is 17.2 Å². The van der Waals surface area contributed by atoms with Gasteiger partial charge in [0.1, 0.15) is 43.3 Å². The van der Waals surface area contributed by atoms with Crippen LogP contribution in [0.15, 0.2) is 54.6 Å². The number of aromatic nitrogens is 2. The van der Waals surface area contributed by atoms with E-state index in [9.17, 15) is 52.8 Å². The summed E-state index contributed by atoms with van der Waals surface area (Å²) in [5.41, 5.74) is 14.3. The van der Waals surface area contributed by atoms with Crippen molar-refractivity contribution in [3.8, 4) is 39.8 Å². The standard InChI is InChI=1S/C49H62N8O13S/c1-25-14-39(61)43(57(5)47(64)31(22-53-71(52,67)68)18-38(60)42-26(2)54-45(55-27(42)3)29-7-9-32(10-8-29)49(4)12-13-49)30-17-36(44(62)41(19-30)70-24-34(59)21-51)35-15-28(16-37(48(65)66)56-46(25)63)6-11-40(35)69-23-33(58)20-50/h6-11,15,17,19,25,31,33-34,37,43,53,58-59,62H,12-14,16,18,20-24,50-51H2,1-5H3,(H,56,63)(H,65,66)(H2,52,67,68)/t25-,31+,33-,34-,37+,43+/m1/s1. The lowest BCUT2D eigenvalue weighted by atomic mass is 9.88. The first-order valence-corrected chi connectivity index (χ1v) is 24.6. The van der Waals surface area contributed by atoms with E-state index in [-0.39, 0.29) is 65.3 Å². The molecule has 21 nitrogen and oxygen atoms in total. The molecule has 2 amide bonds. The first kappa shape index (κ1) is 53.9. The largest absolute Gasteiger partial charge is 0.504 e. The second kappa shape index (κ2) is 22.4. The van der Waals surface area contributed by atoms with Crippen molar-refractivity contribution in [1.29, 1.82) is 0 Å². The van der Waals surface area contributed by atoms with Gasteiger partial charge in [-0.3, -0.25) is 19.2 Å². The molecule has 22 heteroatoms. The van der Waals surface area contributed by atoms with E-state index in [1.54, 1.807) is 13.8 Å². The molecule has 4 bridgehead atoms. The molecule has 71 heavy (non-hydrogen) atoms. The molecule has 2 heterocycles. The summed E-state index contributed by atoms with van der Waals surface area (Å²) >= 11 is 0. The molecule has 4 aromatic rings. The Hall–Kier alpha value is -6.40. The van der Waals surface area contributed by atoms with Crippen molar-refractivity contribution >= 4 is 39.6 Å². The topological polar surface area (TPSA) is 350 Å². The quantitative estimate of drug-likeness (QED) is 0.0601. The molecule has 1 fully saturated rings. The van der Waals surface area contributed by atoms with Crippen LogP contribution in [0.25, 0.3) is 22.5 Å². The number of likely N-dealkylation sites (N-methyl/N-ethyl adjacent to an activating group) is 1. The molecule has 0 unspecified atom stereocenters. The zero-order chi connectivity index (χ0) is 52.1. The maximum Gasteiger partial charge on any atom is 0.326 e. The number of rotatable bonds is 19. The van der Waals surface area contributed by atoms with Gasteiger partial charge in [0.25, 0.3) is 10.2 Å². The molecule has 1 aromatic heterocycles. The first-order chi connectivity index (χ1) is 33.4. The fourth-order valence-corrected chi connectivity index (χ4v) is 8.92. The summed E-state index contributed by atoms with van der Waals surface area (Å²) < 4.78 is 38.6. The van der Waals surface area contributed by atoms with Gasteiger partial charge in [0.15, 0.2) is 28.9 Å². The number of ether oxygens (including phenoxy) is 2. The number of carboxylic acid groups (broad SMARTS) is 1. The molecule has 12 N–H and O–H groups in total. The van der Waals surface area contributed by atoms with Gasteiger partial charge in [-0.1, -0.05) is 44.2 Å². The monoisotopic (exact) mass is 1000 g/mol. The summed E-state index contributed by atoms with van der Waals surface area (Å²) in [6.45, 7) is 4.90. The molecule has 6 atom stereocenters. The minimum absolute atomic E-state index is 0.0262. The highest BCUT2D eigenvalue weighted by Gasteiger charge is 2.40. The van der Waals surface area contributed by atoms with Gasteiger partial charge in [0.05, 0.1) is 22.9 Å².